The Morgan fingerprint density at radius 1 is 1.22 bits per heavy atom. The molecule has 1 aromatic carbocycles. The minimum atomic E-state index is 0.300. The average Bonchev–Trinajstić information content (AvgIpc) is 2.38. The number of halogens is 1. The first-order valence-electron chi connectivity index (χ1n) is 6.74. The van der Waals surface area contributed by atoms with Gasteiger partial charge in [0.05, 0.1) is 6.10 Å². The molecule has 0 aromatic heterocycles. The zero-order valence-electron chi connectivity index (χ0n) is 11.6. The molecule has 0 radical (unpaired) electrons. The fourth-order valence-electron chi connectivity index (χ4n) is 2.19. The first-order valence-corrected chi connectivity index (χ1v) is 7.53. The second kappa shape index (κ2) is 8.68. The highest BCUT2D eigenvalue weighted by Crippen LogP contribution is 2.15. The molecule has 2 nitrogen and oxygen atoms in total. The van der Waals surface area contributed by atoms with Gasteiger partial charge < -0.3 is 10.1 Å². The minimum Gasteiger partial charge on any atom is -0.377 e. The van der Waals surface area contributed by atoms with Crippen LogP contribution < -0.4 is 5.32 Å². The Morgan fingerprint density at radius 3 is 2.39 bits per heavy atom. The van der Waals surface area contributed by atoms with Crippen LogP contribution in [0.15, 0.2) is 28.7 Å². The van der Waals surface area contributed by atoms with Crippen LogP contribution in [0.2, 0.25) is 0 Å². The van der Waals surface area contributed by atoms with Crippen LogP contribution in [0.5, 0.6) is 0 Å². The van der Waals surface area contributed by atoms with Crippen molar-refractivity contribution in [2.45, 2.75) is 45.3 Å². The first-order chi connectivity index (χ1) is 8.71. The number of likely N-dealkylation sites (N-methyl/N-ethyl adjacent to an activating group) is 1. The Hall–Kier alpha value is -0.380. The highest BCUT2D eigenvalue weighted by Gasteiger charge is 2.19. The molecule has 102 valence electrons. The topological polar surface area (TPSA) is 21.3 Å². The molecule has 0 heterocycles. The van der Waals surface area contributed by atoms with Gasteiger partial charge in [-0.1, -0.05) is 41.4 Å². The standard InChI is InChI=1S/C15H24BrNO/c1-4-6-15(18-5-2)14(17-3)11-12-7-9-13(16)10-8-12/h7-10,14-15,17H,4-6,11H2,1-3H3. The molecule has 0 saturated carbocycles. The number of ether oxygens (including phenoxy) is 1. The number of hydrogen-bond acceptors (Lipinski definition) is 2. The van der Waals surface area contributed by atoms with Crippen LogP contribution in [0.1, 0.15) is 32.3 Å². The molecule has 0 amide bonds. The molecule has 2 unspecified atom stereocenters. The van der Waals surface area contributed by atoms with Crippen LogP contribution >= 0.6 is 15.9 Å². The highest BCUT2D eigenvalue weighted by molar-refractivity contribution is 9.10. The first kappa shape index (κ1) is 15.7. The lowest BCUT2D eigenvalue weighted by Gasteiger charge is -2.26. The van der Waals surface area contributed by atoms with Crippen molar-refractivity contribution in [2.24, 2.45) is 0 Å². The largest absolute Gasteiger partial charge is 0.377 e. The maximum absolute atomic E-state index is 5.86. The van der Waals surface area contributed by atoms with Crippen LogP contribution in [0.4, 0.5) is 0 Å². The summed E-state index contributed by atoms with van der Waals surface area (Å²) in [4.78, 5) is 0. The maximum Gasteiger partial charge on any atom is 0.0730 e. The fourth-order valence-corrected chi connectivity index (χ4v) is 2.46. The number of benzene rings is 1. The zero-order valence-corrected chi connectivity index (χ0v) is 13.2. The summed E-state index contributed by atoms with van der Waals surface area (Å²) in [6, 6.07) is 8.91. The van der Waals surface area contributed by atoms with E-state index in [2.05, 4.69) is 59.4 Å². The van der Waals surface area contributed by atoms with E-state index >= 15 is 0 Å². The predicted molar refractivity (Wildman–Crippen MR) is 81.0 cm³/mol. The van der Waals surface area contributed by atoms with Gasteiger partial charge in [-0.05, 0) is 44.5 Å². The fraction of sp³-hybridized carbons (Fsp3) is 0.600. The van der Waals surface area contributed by atoms with Crippen molar-refractivity contribution in [3.8, 4) is 0 Å². The molecule has 1 aromatic rings. The Bertz CT molecular complexity index is 320. The molecule has 0 aliphatic heterocycles. The van der Waals surface area contributed by atoms with Crippen LogP contribution in [0, 0.1) is 0 Å². The molecule has 0 bridgehead atoms. The molecule has 0 aliphatic carbocycles. The van der Waals surface area contributed by atoms with Gasteiger partial charge in [-0.25, -0.2) is 0 Å². The second-order valence-electron chi connectivity index (χ2n) is 4.51. The van der Waals surface area contributed by atoms with Crippen molar-refractivity contribution in [3.05, 3.63) is 34.3 Å². The van der Waals surface area contributed by atoms with E-state index in [1.165, 1.54) is 5.56 Å². The molecular formula is C15H24BrNO. The number of hydrogen-bond donors (Lipinski definition) is 1. The van der Waals surface area contributed by atoms with Gasteiger partial charge in [0, 0.05) is 17.1 Å². The third-order valence-corrected chi connectivity index (χ3v) is 3.67. The summed E-state index contributed by atoms with van der Waals surface area (Å²) in [5, 5.41) is 3.40. The van der Waals surface area contributed by atoms with Crippen molar-refractivity contribution in [1.29, 1.82) is 0 Å². The highest BCUT2D eigenvalue weighted by atomic mass is 79.9. The molecule has 18 heavy (non-hydrogen) atoms. The summed E-state index contributed by atoms with van der Waals surface area (Å²) in [5.74, 6) is 0. The van der Waals surface area contributed by atoms with Crippen LogP contribution in [-0.2, 0) is 11.2 Å². The molecule has 1 N–H and O–H groups in total. The molecule has 3 heteroatoms. The molecule has 2 atom stereocenters. The van der Waals surface area contributed by atoms with Gasteiger partial charge in [0.2, 0.25) is 0 Å². The van der Waals surface area contributed by atoms with Gasteiger partial charge in [0.25, 0.3) is 0 Å². The summed E-state index contributed by atoms with van der Waals surface area (Å²) in [6.07, 6.45) is 3.57. The van der Waals surface area contributed by atoms with Crippen LogP contribution in [0.25, 0.3) is 0 Å². The predicted octanol–water partition coefficient (Wildman–Crippen LogP) is 3.78. The van der Waals surface area contributed by atoms with E-state index in [9.17, 15) is 0 Å². The summed E-state index contributed by atoms with van der Waals surface area (Å²) >= 11 is 3.47. The van der Waals surface area contributed by atoms with Crippen LogP contribution in [-0.4, -0.2) is 25.8 Å². The second-order valence-corrected chi connectivity index (χ2v) is 5.42. The smallest absolute Gasteiger partial charge is 0.0730 e. The van der Waals surface area contributed by atoms with E-state index in [4.69, 9.17) is 4.74 Å². The Kier molecular flexibility index (Phi) is 7.56. The minimum absolute atomic E-state index is 0.300. The number of nitrogens with one attached hydrogen (secondary N) is 1. The molecule has 0 aliphatic rings. The van der Waals surface area contributed by atoms with E-state index in [0.29, 0.717) is 12.1 Å². The lowest BCUT2D eigenvalue weighted by Crippen LogP contribution is -2.41. The maximum atomic E-state index is 5.86. The van der Waals surface area contributed by atoms with E-state index < -0.39 is 0 Å². The molecule has 0 saturated heterocycles. The van der Waals surface area contributed by atoms with Crippen molar-refractivity contribution >= 4 is 15.9 Å². The molecule has 1 rings (SSSR count). The summed E-state index contributed by atoms with van der Waals surface area (Å²) in [7, 11) is 2.02. The average molecular weight is 314 g/mol. The van der Waals surface area contributed by atoms with E-state index in [1.807, 2.05) is 7.05 Å². The molecule has 0 spiro atoms. The zero-order chi connectivity index (χ0) is 13.4. The SMILES string of the molecule is CCCC(OCC)C(Cc1ccc(Br)cc1)NC. The monoisotopic (exact) mass is 313 g/mol. The van der Waals surface area contributed by atoms with Gasteiger partial charge in [0.15, 0.2) is 0 Å². The van der Waals surface area contributed by atoms with E-state index in [-0.39, 0.29) is 0 Å². The lowest BCUT2D eigenvalue weighted by atomic mass is 9.98. The van der Waals surface area contributed by atoms with E-state index in [1.54, 1.807) is 0 Å². The van der Waals surface area contributed by atoms with Crippen molar-refractivity contribution < 1.29 is 4.74 Å². The Balaban J connectivity index is 2.66. The molecular weight excluding hydrogens is 290 g/mol. The summed E-state index contributed by atoms with van der Waals surface area (Å²) in [6.45, 7) is 5.05. The van der Waals surface area contributed by atoms with Crippen molar-refractivity contribution in [3.63, 3.8) is 0 Å². The van der Waals surface area contributed by atoms with Gasteiger partial charge in [-0.15, -0.1) is 0 Å². The third-order valence-electron chi connectivity index (χ3n) is 3.14. The Morgan fingerprint density at radius 2 is 1.89 bits per heavy atom. The molecule has 0 fully saturated rings. The summed E-state index contributed by atoms with van der Waals surface area (Å²) in [5.41, 5.74) is 1.35. The van der Waals surface area contributed by atoms with Crippen LogP contribution in [0.3, 0.4) is 0 Å². The van der Waals surface area contributed by atoms with Crippen molar-refractivity contribution in [1.82, 2.24) is 5.32 Å². The normalized spacial score (nSPS) is 14.4. The Labute approximate surface area is 119 Å². The number of rotatable bonds is 8. The van der Waals surface area contributed by atoms with Crippen molar-refractivity contribution in [2.75, 3.05) is 13.7 Å². The van der Waals surface area contributed by atoms with Gasteiger partial charge in [0.1, 0.15) is 0 Å². The van der Waals surface area contributed by atoms with Gasteiger partial charge >= 0.3 is 0 Å². The van der Waals surface area contributed by atoms with Gasteiger partial charge in [-0.3, -0.25) is 0 Å². The van der Waals surface area contributed by atoms with E-state index in [0.717, 1.165) is 30.3 Å². The lowest BCUT2D eigenvalue weighted by molar-refractivity contribution is 0.0301. The third kappa shape index (κ3) is 5.09. The van der Waals surface area contributed by atoms with Gasteiger partial charge in [-0.2, -0.15) is 0 Å². The summed E-state index contributed by atoms with van der Waals surface area (Å²) < 4.78 is 6.99. The quantitative estimate of drug-likeness (QED) is 0.788.